The first-order valence-electron chi connectivity index (χ1n) is 10.2. The van der Waals surface area contributed by atoms with Gasteiger partial charge in [0, 0.05) is 24.9 Å². The summed E-state index contributed by atoms with van der Waals surface area (Å²) in [4.78, 5) is 26.2. The van der Waals surface area contributed by atoms with E-state index >= 15 is 0 Å². The van der Waals surface area contributed by atoms with E-state index in [2.05, 4.69) is 5.32 Å². The fourth-order valence-electron chi connectivity index (χ4n) is 3.24. The second-order valence-electron chi connectivity index (χ2n) is 7.13. The zero-order chi connectivity index (χ0) is 23.1. The van der Waals surface area contributed by atoms with Crippen molar-refractivity contribution in [3.63, 3.8) is 0 Å². The molecule has 0 unspecified atom stereocenters. The van der Waals surface area contributed by atoms with Crippen molar-refractivity contribution in [2.24, 2.45) is 0 Å². The topological polar surface area (TPSA) is 62.6 Å². The molecule has 0 atom stereocenters. The molecular weight excluding hydrogens is 421 g/mol. The highest BCUT2D eigenvalue weighted by molar-refractivity contribution is 5.95. The lowest BCUT2D eigenvalue weighted by Crippen LogP contribution is -2.38. The van der Waals surface area contributed by atoms with Crippen LogP contribution >= 0.6 is 0 Å². The number of alkyl halides is 3. The first-order chi connectivity index (χ1) is 15.3. The Morgan fingerprint density at radius 2 is 1.66 bits per heavy atom. The molecule has 168 valence electrons. The summed E-state index contributed by atoms with van der Waals surface area (Å²) >= 11 is 0. The first-order valence-corrected chi connectivity index (χ1v) is 10.2. The Morgan fingerprint density at radius 3 is 2.34 bits per heavy atom. The molecule has 3 aromatic rings. The van der Waals surface area contributed by atoms with Gasteiger partial charge in [-0.1, -0.05) is 42.5 Å². The number of anilines is 1. The molecule has 5 nitrogen and oxygen atoms in total. The minimum Gasteiger partial charge on any atom is -0.461 e. The molecule has 0 spiro atoms. The van der Waals surface area contributed by atoms with E-state index in [1.165, 1.54) is 23.1 Å². The molecule has 0 bridgehead atoms. The Hall–Kier alpha value is -3.55. The number of carbonyl (C=O) groups excluding carboxylic acids is 2. The quantitative estimate of drug-likeness (QED) is 0.507. The average Bonchev–Trinajstić information content (AvgIpc) is 3.25. The third-order valence-corrected chi connectivity index (χ3v) is 4.88. The molecule has 0 aliphatic carbocycles. The number of nitrogens with zero attached hydrogens (tertiary/aromatic N) is 1. The normalized spacial score (nSPS) is 11.2. The number of rotatable bonds is 8. The smallest absolute Gasteiger partial charge is 0.418 e. The number of nitrogens with one attached hydrogen (secondary N) is 1. The molecule has 0 saturated heterocycles. The average molecular weight is 444 g/mol. The molecule has 1 aromatic heterocycles. The zero-order valence-electron chi connectivity index (χ0n) is 17.5. The molecule has 0 saturated carbocycles. The van der Waals surface area contributed by atoms with Crippen LogP contribution in [-0.2, 0) is 22.2 Å². The molecule has 1 heterocycles. The van der Waals surface area contributed by atoms with Crippen molar-refractivity contribution in [3.05, 3.63) is 78.1 Å². The minimum absolute atomic E-state index is 0.113. The van der Waals surface area contributed by atoms with Gasteiger partial charge in [0.05, 0.1) is 17.8 Å². The van der Waals surface area contributed by atoms with Crippen molar-refractivity contribution in [2.45, 2.75) is 25.9 Å². The van der Waals surface area contributed by atoms with Gasteiger partial charge in [0.2, 0.25) is 11.8 Å². The highest BCUT2D eigenvalue weighted by Crippen LogP contribution is 2.34. The Bertz CT molecular complexity index is 1060. The maximum absolute atomic E-state index is 13.1. The largest absolute Gasteiger partial charge is 0.461 e. The number of para-hydroxylation sites is 1. The predicted molar refractivity (Wildman–Crippen MR) is 115 cm³/mol. The SMILES string of the molecule is CCN(CC(=O)Nc1ccccc1C(F)(F)F)C(=O)CCc1ccc(-c2ccccc2)o1. The molecule has 3 rings (SSSR count). The molecule has 0 radical (unpaired) electrons. The summed E-state index contributed by atoms with van der Waals surface area (Å²) in [5, 5.41) is 2.26. The van der Waals surface area contributed by atoms with Crippen molar-refractivity contribution in [3.8, 4) is 11.3 Å². The zero-order valence-corrected chi connectivity index (χ0v) is 17.5. The van der Waals surface area contributed by atoms with Crippen LogP contribution in [0.2, 0.25) is 0 Å². The molecular formula is C24H23F3N2O3. The van der Waals surface area contributed by atoms with Crippen molar-refractivity contribution < 1.29 is 27.2 Å². The number of furan rings is 1. The van der Waals surface area contributed by atoms with Gasteiger partial charge in [-0.25, -0.2) is 0 Å². The molecule has 8 heteroatoms. The summed E-state index contributed by atoms with van der Waals surface area (Å²) < 4.78 is 45.1. The summed E-state index contributed by atoms with van der Waals surface area (Å²) in [5.74, 6) is 0.352. The van der Waals surface area contributed by atoms with Crippen LogP contribution in [0.1, 0.15) is 24.7 Å². The Labute approximate surface area is 183 Å². The van der Waals surface area contributed by atoms with Crippen LogP contribution < -0.4 is 5.32 Å². The number of benzene rings is 2. The van der Waals surface area contributed by atoms with E-state index in [0.29, 0.717) is 17.9 Å². The number of aryl methyl sites for hydroxylation is 1. The second kappa shape index (κ2) is 10.2. The van der Waals surface area contributed by atoms with E-state index in [0.717, 1.165) is 11.6 Å². The summed E-state index contributed by atoms with van der Waals surface area (Å²) in [6.45, 7) is 1.62. The number of halogens is 3. The third-order valence-electron chi connectivity index (χ3n) is 4.88. The molecule has 0 fully saturated rings. The van der Waals surface area contributed by atoms with Crippen LogP contribution in [-0.4, -0.2) is 29.8 Å². The Morgan fingerprint density at radius 1 is 0.969 bits per heavy atom. The van der Waals surface area contributed by atoms with E-state index in [4.69, 9.17) is 4.42 Å². The number of hydrogen-bond donors (Lipinski definition) is 1. The third kappa shape index (κ3) is 6.00. The molecule has 0 aliphatic rings. The fourth-order valence-corrected chi connectivity index (χ4v) is 3.24. The predicted octanol–water partition coefficient (Wildman–Crippen LogP) is 5.39. The Balaban J connectivity index is 1.56. The maximum Gasteiger partial charge on any atom is 0.418 e. The van der Waals surface area contributed by atoms with Gasteiger partial charge in [0.1, 0.15) is 11.5 Å². The van der Waals surface area contributed by atoms with E-state index in [-0.39, 0.29) is 31.1 Å². The van der Waals surface area contributed by atoms with Crippen LogP contribution in [0.25, 0.3) is 11.3 Å². The van der Waals surface area contributed by atoms with Crippen LogP contribution in [0.15, 0.2) is 71.1 Å². The van der Waals surface area contributed by atoms with Crippen LogP contribution in [0.5, 0.6) is 0 Å². The fraction of sp³-hybridized carbons (Fsp3) is 0.250. The van der Waals surface area contributed by atoms with Gasteiger partial charge in [-0.3, -0.25) is 9.59 Å². The highest BCUT2D eigenvalue weighted by atomic mass is 19.4. The van der Waals surface area contributed by atoms with E-state index < -0.39 is 17.6 Å². The van der Waals surface area contributed by atoms with Gasteiger partial charge in [0.15, 0.2) is 0 Å². The minimum atomic E-state index is -4.59. The van der Waals surface area contributed by atoms with Crippen molar-refractivity contribution in [1.82, 2.24) is 4.90 Å². The molecule has 1 N–H and O–H groups in total. The summed E-state index contributed by atoms with van der Waals surface area (Å²) in [5.41, 5.74) is -0.344. The molecule has 2 amide bonds. The number of carbonyl (C=O) groups is 2. The van der Waals surface area contributed by atoms with Crippen LogP contribution in [0.3, 0.4) is 0 Å². The molecule has 2 aromatic carbocycles. The summed E-state index contributed by atoms with van der Waals surface area (Å²) in [7, 11) is 0. The van der Waals surface area contributed by atoms with Crippen molar-refractivity contribution in [1.29, 1.82) is 0 Å². The lowest BCUT2D eigenvalue weighted by molar-refractivity contribution is -0.137. The Kier molecular flexibility index (Phi) is 7.35. The van der Waals surface area contributed by atoms with Gasteiger partial charge in [-0.05, 0) is 31.2 Å². The number of likely N-dealkylation sites (N-methyl/N-ethyl adjacent to an activating group) is 1. The number of hydrogen-bond acceptors (Lipinski definition) is 3. The van der Waals surface area contributed by atoms with Crippen LogP contribution in [0, 0.1) is 0 Å². The summed E-state index contributed by atoms with van der Waals surface area (Å²) in [6.07, 6.45) is -4.13. The number of amides is 2. The second-order valence-corrected chi connectivity index (χ2v) is 7.13. The summed E-state index contributed by atoms with van der Waals surface area (Å²) in [6, 6.07) is 17.9. The van der Waals surface area contributed by atoms with Gasteiger partial charge < -0.3 is 14.6 Å². The standard InChI is InChI=1S/C24H23F3N2O3/c1-2-29(16-22(30)28-20-11-7-6-10-19(20)24(25,26)27)23(31)15-13-18-12-14-21(32-18)17-8-4-3-5-9-17/h3-12,14H,2,13,15-16H2,1H3,(H,28,30). The van der Waals surface area contributed by atoms with Crippen molar-refractivity contribution >= 4 is 17.5 Å². The first kappa shape index (κ1) is 23.1. The maximum atomic E-state index is 13.1. The van der Waals surface area contributed by atoms with Gasteiger partial charge in [-0.2, -0.15) is 13.2 Å². The van der Waals surface area contributed by atoms with Gasteiger partial charge >= 0.3 is 6.18 Å². The lowest BCUT2D eigenvalue weighted by Gasteiger charge is -2.21. The lowest BCUT2D eigenvalue weighted by atomic mass is 10.1. The van der Waals surface area contributed by atoms with Crippen LogP contribution in [0.4, 0.5) is 18.9 Å². The van der Waals surface area contributed by atoms with E-state index in [1.807, 2.05) is 36.4 Å². The molecule has 32 heavy (non-hydrogen) atoms. The van der Waals surface area contributed by atoms with Gasteiger partial charge in [-0.15, -0.1) is 0 Å². The van der Waals surface area contributed by atoms with E-state index in [9.17, 15) is 22.8 Å². The highest BCUT2D eigenvalue weighted by Gasteiger charge is 2.33. The van der Waals surface area contributed by atoms with Crippen molar-refractivity contribution in [2.75, 3.05) is 18.4 Å². The van der Waals surface area contributed by atoms with Gasteiger partial charge in [0.25, 0.3) is 0 Å². The monoisotopic (exact) mass is 444 g/mol. The van der Waals surface area contributed by atoms with E-state index in [1.54, 1.807) is 13.0 Å². The molecule has 0 aliphatic heterocycles.